The average molecular weight is 491 g/mol. The Labute approximate surface area is 183 Å². The first-order valence-electron chi connectivity index (χ1n) is 7.11. The maximum Gasteiger partial charge on any atom is 0.490 e. The van der Waals surface area contributed by atoms with E-state index in [2.05, 4.69) is 13.1 Å². The van der Waals surface area contributed by atoms with Crippen LogP contribution >= 0.6 is 23.5 Å². The van der Waals surface area contributed by atoms with Crippen molar-refractivity contribution in [2.24, 2.45) is 0 Å². The maximum absolute atomic E-state index is 11.7. The number of phosphoric acid groups is 3. The molecule has 1 aliphatic heterocycles. The van der Waals surface area contributed by atoms with Crippen LogP contribution in [0, 0.1) is 0 Å². The number of rotatable bonds is 8. The Morgan fingerprint density at radius 3 is 2.31 bits per heavy atom. The second kappa shape index (κ2) is 10.1. The zero-order chi connectivity index (χ0) is 21.3. The Kier molecular flexibility index (Phi) is 9.41. The molecule has 2 heterocycles. The second-order valence-electron chi connectivity index (χ2n) is 5.34. The Morgan fingerprint density at radius 2 is 1.76 bits per heavy atom. The molecule has 1 aromatic heterocycles. The van der Waals surface area contributed by atoms with E-state index < -0.39 is 59.8 Å². The van der Waals surface area contributed by atoms with Crippen LogP contribution in [0.3, 0.4) is 0 Å². The molecule has 29 heavy (non-hydrogen) atoms. The van der Waals surface area contributed by atoms with Crippen LogP contribution in [0.5, 0.6) is 0 Å². The van der Waals surface area contributed by atoms with Crippen molar-refractivity contribution >= 4 is 53.0 Å². The van der Waals surface area contributed by atoms with Gasteiger partial charge in [-0.1, -0.05) is 0 Å². The van der Waals surface area contributed by atoms with E-state index >= 15 is 0 Å². The van der Waals surface area contributed by atoms with E-state index in [9.17, 15) is 33.3 Å². The van der Waals surface area contributed by atoms with E-state index in [4.69, 9.17) is 19.4 Å². The number of nitrogens with one attached hydrogen (secondary N) is 1. The fourth-order valence-corrected chi connectivity index (χ4v) is 5.19. The van der Waals surface area contributed by atoms with Crippen molar-refractivity contribution in [1.82, 2.24) is 9.55 Å². The third kappa shape index (κ3) is 8.57. The standard InChI is InChI=1S/C9H15N2O14P3.Na/c12-5-3-8(11-2-1-7(13)10-9(11)14)23-6(5)4-22-27(18,19)25-28(20,21)24-26(15,16)17;/h1-2,5-6,8,12H,3-4H2,(H,18,19)(H,20,21)(H,10,13,14)(H2,15,16,17);. The van der Waals surface area contributed by atoms with Gasteiger partial charge in [0.1, 0.15) is 12.3 Å². The smallest absolute Gasteiger partial charge is 0.390 e. The normalized spacial score (nSPS) is 26.3. The van der Waals surface area contributed by atoms with Crippen molar-refractivity contribution in [1.29, 1.82) is 0 Å². The fraction of sp³-hybridized carbons (Fsp3) is 0.556. The maximum atomic E-state index is 11.7. The van der Waals surface area contributed by atoms with Gasteiger partial charge in [0.25, 0.3) is 5.56 Å². The van der Waals surface area contributed by atoms with Gasteiger partial charge < -0.3 is 29.4 Å². The van der Waals surface area contributed by atoms with Gasteiger partial charge in [0.05, 0.1) is 12.7 Å². The van der Waals surface area contributed by atoms with E-state index in [0.29, 0.717) is 0 Å². The van der Waals surface area contributed by atoms with Gasteiger partial charge in [0.15, 0.2) is 0 Å². The second-order valence-corrected chi connectivity index (χ2v) is 9.76. The largest absolute Gasteiger partial charge is 0.490 e. The number of aliphatic hydroxyl groups excluding tert-OH is 1. The molecule has 0 bridgehead atoms. The molecule has 20 heteroatoms. The van der Waals surface area contributed by atoms with E-state index in [1.807, 2.05) is 4.98 Å². The zero-order valence-electron chi connectivity index (χ0n) is 14.5. The predicted octanol–water partition coefficient (Wildman–Crippen LogP) is -1.85. The minimum absolute atomic E-state index is 0. The number of H-pyrrole nitrogens is 1. The van der Waals surface area contributed by atoms with Crippen molar-refractivity contribution in [3.8, 4) is 0 Å². The van der Waals surface area contributed by atoms with Crippen molar-refractivity contribution < 1.29 is 56.3 Å². The number of hydrogen-bond donors (Lipinski definition) is 6. The van der Waals surface area contributed by atoms with Crippen LogP contribution in [0.1, 0.15) is 12.6 Å². The Bertz CT molecular complexity index is 972. The molecule has 6 N–H and O–H groups in total. The molecule has 0 aliphatic carbocycles. The quantitative estimate of drug-likeness (QED) is 0.173. The van der Waals surface area contributed by atoms with E-state index in [-0.39, 0.29) is 36.0 Å². The Balaban J connectivity index is 0.00000420. The molecule has 0 spiro atoms. The van der Waals surface area contributed by atoms with Crippen LogP contribution in [0.4, 0.5) is 0 Å². The molecule has 0 amide bonds. The van der Waals surface area contributed by atoms with Crippen LogP contribution in [-0.4, -0.2) is 82.6 Å². The molecule has 1 aromatic rings. The first kappa shape index (κ1) is 27.0. The van der Waals surface area contributed by atoms with E-state index in [1.165, 1.54) is 0 Å². The van der Waals surface area contributed by atoms with Gasteiger partial charge in [-0.3, -0.25) is 18.9 Å². The van der Waals surface area contributed by atoms with Crippen LogP contribution in [0.2, 0.25) is 0 Å². The van der Waals surface area contributed by atoms with Gasteiger partial charge in [-0.2, -0.15) is 8.62 Å². The summed E-state index contributed by atoms with van der Waals surface area (Å²) >= 11 is 0. The SMILES string of the molecule is O=c1ccn(C2CC(O)C(COP(=O)(O)OP(=O)(O)OP(=O)(O)O)O2)c(=O)[nH]1.[Na]. The van der Waals surface area contributed by atoms with Gasteiger partial charge in [0.2, 0.25) is 0 Å². The summed E-state index contributed by atoms with van der Waals surface area (Å²) in [7, 11) is -16.6. The summed E-state index contributed by atoms with van der Waals surface area (Å²) in [5.41, 5.74) is -1.50. The number of hydrogen-bond acceptors (Lipinski definition) is 10. The molecule has 161 valence electrons. The monoisotopic (exact) mass is 491 g/mol. The average Bonchev–Trinajstić information content (AvgIpc) is 2.82. The van der Waals surface area contributed by atoms with Gasteiger partial charge in [0, 0.05) is 48.2 Å². The summed E-state index contributed by atoms with van der Waals surface area (Å²) in [4.78, 5) is 60.0. The summed E-state index contributed by atoms with van der Waals surface area (Å²) in [6.45, 7) is -0.876. The third-order valence-corrected chi connectivity index (χ3v) is 6.99. The molecule has 2 rings (SSSR count). The summed E-state index contributed by atoms with van der Waals surface area (Å²) < 4.78 is 51.0. The molecule has 1 aliphatic rings. The molecule has 1 saturated heterocycles. The summed E-state index contributed by atoms with van der Waals surface area (Å²) in [5.74, 6) is 0. The summed E-state index contributed by atoms with van der Waals surface area (Å²) in [5, 5.41) is 9.91. The molecule has 1 fully saturated rings. The molecule has 16 nitrogen and oxygen atoms in total. The number of aromatic amines is 1. The Hall–Kier alpha value is 0.01000. The minimum atomic E-state index is -5.67. The summed E-state index contributed by atoms with van der Waals surface area (Å²) in [6, 6.07) is 1.02. The Morgan fingerprint density at radius 1 is 1.14 bits per heavy atom. The van der Waals surface area contributed by atoms with Crippen LogP contribution < -0.4 is 11.2 Å². The first-order valence-corrected chi connectivity index (χ1v) is 11.6. The number of ether oxygens (including phenoxy) is 1. The molecule has 5 atom stereocenters. The van der Waals surface area contributed by atoms with Crippen LogP contribution in [0.15, 0.2) is 21.9 Å². The fourth-order valence-electron chi connectivity index (χ4n) is 2.16. The van der Waals surface area contributed by atoms with Crippen molar-refractivity contribution in [3.63, 3.8) is 0 Å². The number of aliphatic hydroxyl groups is 1. The minimum Gasteiger partial charge on any atom is -0.390 e. The van der Waals surface area contributed by atoms with Crippen LogP contribution in [-0.2, 0) is 31.6 Å². The number of aromatic nitrogens is 2. The zero-order valence-corrected chi connectivity index (χ0v) is 19.2. The van der Waals surface area contributed by atoms with Crippen LogP contribution in [0.25, 0.3) is 0 Å². The molecular weight excluding hydrogens is 476 g/mol. The number of phosphoric ester groups is 1. The van der Waals surface area contributed by atoms with E-state index in [0.717, 1.165) is 16.8 Å². The van der Waals surface area contributed by atoms with Gasteiger partial charge in [-0.05, 0) is 0 Å². The molecule has 1 radical (unpaired) electrons. The van der Waals surface area contributed by atoms with Gasteiger partial charge >= 0.3 is 29.2 Å². The number of nitrogens with zero attached hydrogens (tertiary/aromatic N) is 1. The predicted molar refractivity (Wildman–Crippen MR) is 91.4 cm³/mol. The van der Waals surface area contributed by atoms with Gasteiger partial charge in [-0.25, -0.2) is 18.5 Å². The van der Waals surface area contributed by atoms with E-state index in [1.54, 1.807) is 0 Å². The molecule has 0 aromatic carbocycles. The topological polar surface area (TPSA) is 244 Å². The third-order valence-electron chi connectivity index (χ3n) is 3.18. The van der Waals surface area contributed by atoms with Crippen molar-refractivity contribution in [3.05, 3.63) is 33.1 Å². The molecule has 5 unspecified atom stereocenters. The first-order chi connectivity index (χ1) is 12.7. The van der Waals surface area contributed by atoms with Crippen molar-refractivity contribution in [2.45, 2.75) is 24.9 Å². The van der Waals surface area contributed by atoms with Gasteiger partial charge in [-0.15, -0.1) is 0 Å². The molecule has 0 saturated carbocycles. The van der Waals surface area contributed by atoms with Crippen molar-refractivity contribution in [2.75, 3.05) is 6.61 Å². The summed E-state index contributed by atoms with van der Waals surface area (Å²) in [6.07, 6.45) is -2.74. The molecular formula is C9H15N2NaO14P3.